The minimum atomic E-state index is -4.54. The van der Waals surface area contributed by atoms with E-state index in [4.69, 9.17) is 9.52 Å². The van der Waals surface area contributed by atoms with Gasteiger partial charge in [0.1, 0.15) is 22.0 Å². The van der Waals surface area contributed by atoms with Gasteiger partial charge in [0, 0.05) is 6.04 Å². The highest BCUT2D eigenvalue weighted by Crippen LogP contribution is 2.28. The maximum atomic E-state index is 12.2. The minimum Gasteiger partial charge on any atom is -0.478 e. The highest BCUT2D eigenvalue weighted by atomic mass is 32.2. The normalized spacial score (nSPS) is 14.2. The van der Waals surface area contributed by atoms with Crippen molar-refractivity contribution in [1.82, 2.24) is 4.72 Å². The zero-order chi connectivity index (χ0) is 16.6. The van der Waals surface area contributed by atoms with E-state index in [0.717, 1.165) is 6.92 Å². The maximum absolute atomic E-state index is 12.2. The van der Waals surface area contributed by atoms with Gasteiger partial charge in [-0.2, -0.15) is 13.2 Å². The van der Waals surface area contributed by atoms with Crippen molar-refractivity contribution < 1.29 is 35.9 Å². The number of rotatable bonds is 5. The molecule has 1 aromatic heterocycles. The first-order valence-electron chi connectivity index (χ1n) is 5.77. The van der Waals surface area contributed by atoms with Gasteiger partial charge in [-0.05, 0) is 20.8 Å². The zero-order valence-corrected chi connectivity index (χ0v) is 12.2. The first kappa shape index (κ1) is 17.5. The largest absolute Gasteiger partial charge is 0.478 e. The predicted octanol–water partition coefficient (Wildman–Crippen LogP) is 2.21. The molecule has 0 aromatic carbocycles. The van der Waals surface area contributed by atoms with E-state index in [1.54, 1.807) is 0 Å². The fourth-order valence-electron chi connectivity index (χ4n) is 1.95. The standard InChI is InChI=1S/C11H14F3NO5S/c1-5(4-11(12,13)14)15-21(18,19)9-7(3)20-6(2)8(9)10(16)17/h5,15H,4H2,1-3H3,(H,16,17). The summed E-state index contributed by atoms with van der Waals surface area (Å²) in [7, 11) is -4.44. The van der Waals surface area contributed by atoms with Crippen LogP contribution < -0.4 is 4.72 Å². The van der Waals surface area contributed by atoms with Crippen LogP contribution in [0.3, 0.4) is 0 Å². The number of furan rings is 1. The Morgan fingerprint density at radius 1 is 1.33 bits per heavy atom. The second-order valence-corrected chi connectivity index (χ2v) is 6.22. The summed E-state index contributed by atoms with van der Waals surface area (Å²) in [5.74, 6) is -1.87. The number of carboxylic acids is 1. The van der Waals surface area contributed by atoms with Crippen LogP contribution in [0.15, 0.2) is 9.31 Å². The zero-order valence-electron chi connectivity index (χ0n) is 11.4. The highest BCUT2D eigenvalue weighted by Gasteiger charge is 2.35. The summed E-state index contributed by atoms with van der Waals surface area (Å²) in [6.07, 6.45) is -5.91. The van der Waals surface area contributed by atoms with Crippen LogP contribution in [-0.4, -0.2) is 31.7 Å². The number of nitrogens with one attached hydrogen (secondary N) is 1. The van der Waals surface area contributed by atoms with Crippen molar-refractivity contribution in [2.45, 2.75) is 44.3 Å². The predicted molar refractivity (Wildman–Crippen MR) is 65.6 cm³/mol. The highest BCUT2D eigenvalue weighted by molar-refractivity contribution is 7.89. The molecular weight excluding hydrogens is 315 g/mol. The Balaban J connectivity index is 3.18. The lowest BCUT2D eigenvalue weighted by Crippen LogP contribution is -2.36. The molecule has 1 unspecified atom stereocenters. The molecule has 120 valence electrons. The van der Waals surface area contributed by atoms with Crippen LogP contribution >= 0.6 is 0 Å². The number of hydrogen-bond acceptors (Lipinski definition) is 4. The number of carboxylic acid groups (broad SMARTS) is 1. The third-order valence-electron chi connectivity index (χ3n) is 2.58. The Morgan fingerprint density at radius 3 is 2.29 bits per heavy atom. The summed E-state index contributed by atoms with van der Waals surface area (Å²) in [6.45, 7) is 3.52. The summed E-state index contributed by atoms with van der Waals surface area (Å²) in [5, 5.41) is 9.01. The SMILES string of the molecule is Cc1oc(C)c(S(=O)(=O)NC(C)CC(F)(F)F)c1C(=O)O. The molecule has 10 heteroatoms. The Hall–Kier alpha value is -1.55. The summed E-state index contributed by atoms with van der Waals surface area (Å²) in [6, 6.07) is -1.44. The second kappa shape index (κ2) is 5.68. The van der Waals surface area contributed by atoms with Gasteiger partial charge in [-0.25, -0.2) is 17.9 Å². The van der Waals surface area contributed by atoms with E-state index >= 15 is 0 Å². The number of aryl methyl sites for hydroxylation is 2. The molecule has 0 saturated carbocycles. The van der Waals surface area contributed by atoms with Crippen LogP contribution in [0.25, 0.3) is 0 Å². The second-order valence-electron chi connectivity index (χ2n) is 4.57. The van der Waals surface area contributed by atoms with Crippen molar-refractivity contribution in [2.75, 3.05) is 0 Å². The van der Waals surface area contributed by atoms with E-state index in [1.165, 1.54) is 13.8 Å². The molecule has 0 amide bonds. The molecule has 0 aliphatic heterocycles. The lowest BCUT2D eigenvalue weighted by atomic mass is 10.2. The van der Waals surface area contributed by atoms with Crippen molar-refractivity contribution in [3.8, 4) is 0 Å². The van der Waals surface area contributed by atoms with E-state index in [0.29, 0.717) is 0 Å². The molecule has 6 nitrogen and oxygen atoms in total. The number of sulfonamides is 1. The van der Waals surface area contributed by atoms with E-state index in [-0.39, 0.29) is 11.5 Å². The van der Waals surface area contributed by atoms with Crippen LogP contribution in [-0.2, 0) is 10.0 Å². The molecule has 21 heavy (non-hydrogen) atoms. The lowest BCUT2D eigenvalue weighted by molar-refractivity contribution is -0.137. The monoisotopic (exact) mass is 329 g/mol. The van der Waals surface area contributed by atoms with Gasteiger partial charge in [-0.15, -0.1) is 0 Å². The molecule has 0 spiro atoms. The van der Waals surface area contributed by atoms with Crippen molar-refractivity contribution in [2.24, 2.45) is 0 Å². The summed E-state index contributed by atoms with van der Waals surface area (Å²) in [5.41, 5.74) is -0.584. The summed E-state index contributed by atoms with van der Waals surface area (Å²) < 4.78 is 67.6. The van der Waals surface area contributed by atoms with Gasteiger partial charge in [0.15, 0.2) is 0 Å². The van der Waals surface area contributed by atoms with Crippen LogP contribution in [0.4, 0.5) is 13.2 Å². The molecule has 0 bridgehead atoms. The average Bonchev–Trinajstić information content (AvgIpc) is 2.49. The Bertz CT molecular complexity index is 648. The molecule has 1 rings (SSSR count). The Labute approximate surface area is 119 Å². The quantitative estimate of drug-likeness (QED) is 0.863. The molecule has 0 fully saturated rings. The first-order valence-corrected chi connectivity index (χ1v) is 7.26. The minimum absolute atomic E-state index is 0.135. The van der Waals surface area contributed by atoms with Crippen LogP contribution in [0.2, 0.25) is 0 Å². The molecule has 1 atom stereocenters. The number of carbonyl (C=O) groups is 1. The summed E-state index contributed by atoms with van der Waals surface area (Å²) >= 11 is 0. The van der Waals surface area contributed by atoms with Gasteiger partial charge in [0.2, 0.25) is 10.0 Å². The molecule has 2 N–H and O–H groups in total. The van der Waals surface area contributed by atoms with Crippen molar-refractivity contribution in [3.63, 3.8) is 0 Å². The average molecular weight is 329 g/mol. The van der Waals surface area contributed by atoms with Gasteiger partial charge in [0.25, 0.3) is 0 Å². The van der Waals surface area contributed by atoms with E-state index in [2.05, 4.69) is 0 Å². The van der Waals surface area contributed by atoms with Gasteiger partial charge in [-0.1, -0.05) is 0 Å². The Kier molecular flexibility index (Phi) is 4.73. The van der Waals surface area contributed by atoms with Crippen molar-refractivity contribution in [1.29, 1.82) is 0 Å². The molecule has 0 saturated heterocycles. The number of alkyl halides is 3. The summed E-state index contributed by atoms with van der Waals surface area (Å²) in [4.78, 5) is 10.4. The van der Waals surface area contributed by atoms with E-state index < -0.39 is 45.1 Å². The number of halogens is 3. The fourth-order valence-corrected chi connectivity index (χ4v) is 3.60. The van der Waals surface area contributed by atoms with E-state index in [1.807, 2.05) is 4.72 Å². The van der Waals surface area contributed by atoms with Gasteiger partial charge in [0.05, 0.1) is 6.42 Å². The molecule has 1 aromatic rings. The van der Waals surface area contributed by atoms with Crippen molar-refractivity contribution in [3.05, 3.63) is 17.1 Å². The maximum Gasteiger partial charge on any atom is 0.390 e. The number of hydrogen-bond donors (Lipinski definition) is 2. The lowest BCUT2D eigenvalue weighted by Gasteiger charge is -2.16. The van der Waals surface area contributed by atoms with Gasteiger partial charge in [-0.3, -0.25) is 0 Å². The van der Waals surface area contributed by atoms with Crippen LogP contribution in [0.5, 0.6) is 0 Å². The van der Waals surface area contributed by atoms with Crippen molar-refractivity contribution >= 4 is 16.0 Å². The first-order chi connectivity index (χ1) is 9.35. The smallest absolute Gasteiger partial charge is 0.390 e. The molecule has 0 aliphatic carbocycles. The van der Waals surface area contributed by atoms with Gasteiger partial charge < -0.3 is 9.52 Å². The molecular formula is C11H14F3NO5S. The molecule has 1 heterocycles. The number of aromatic carboxylic acids is 1. The van der Waals surface area contributed by atoms with E-state index in [9.17, 15) is 26.4 Å². The Morgan fingerprint density at radius 2 is 1.86 bits per heavy atom. The molecule has 0 aliphatic rings. The molecule has 0 radical (unpaired) electrons. The topological polar surface area (TPSA) is 96.6 Å². The fraction of sp³-hybridized carbons (Fsp3) is 0.545. The third-order valence-corrected chi connectivity index (χ3v) is 4.32. The van der Waals surface area contributed by atoms with Gasteiger partial charge >= 0.3 is 12.1 Å². The van der Waals surface area contributed by atoms with Crippen LogP contribution in [0, 0.1) is 13.8 Å². The third kappa shape index (κ3) is 4.21. The van der Waals surface area contributed by atoms with Crippen LogP contribution in [0.1, 0.15) is 35.2 Å².